The Hall–Kier alpha value is -2.76. The molecule has 0 aromatic heterocycles. The van der Waals surface area contributed by atoms with E-state index in [1.54, 1.807) is 18.9 Å². The molecule has 0 spiro atoms. The van der Waals surface area contributed by atoms with Crippen molar-refractivity contribution in [2.75, 3.05) is 20.3 Å². The second-order valence-corrected chi connectivity index (χ2v) is 6.97. The topological polar surface area (TPSA) is 81.9 Å². The van der Waals surface area contributed by atoms with E-state index in [-0.39, 0.29) is 18.4 Å². The van der Waals surface area contributed by atoms with Crippen molar-refractivity contribution in [2.45, 2.75) is 39.7 Å². The Morgan fingerprint density at radius 2 is 2.18 bits per heavy atom. The van der Waals surface area contributed by atoms with E-state index < -0.39 is 12.0 Å². The molecule has 2 atom stereocenters. The fourth-order valence-electron chi connectivity index (χ4n) is 3.52. The normalized spacial score (nSPS) is 17.8. The number of benzene rings is 1. The molecule has 1 aromatic rings. The molecule has 6 nitrogen and oxygen atoms in total. The van der Waals surface area contributed by atoms with Crippen LogP contribution in [0.2, 0.25) is 0 Å². The second-order valence-electron chi connectivity index (χ2n) is 6.97. The molecule has 2 N–H and O–H groups in total. The molecule has 6 heteroatoms. The van der Waals surface area contributed by atoms with Gasteiger partial charge in [0.05, 0.1) is 13.7 Å². The van der Waals surface area contributed by atoms with Crippen molar-refractivity contribution in [3.8, 4) is 5.75 Å². The molecule has 1 heterocycles. The monoisotopic (exact) mass is 386 g/mol. The summed E-state index contributed by atoms with van der Waals surface area (Å²) >= 11 is 0. The largest absolute Gasteiger partial charge is 0.496 e. The lowest BCUT2D eigenvalue weighted by Gasteiger charge is -2.27. The summed E-state index contributed by atoms with van der Waals surface area (Å²) in [5.41, 5.74) is 8.83. The first-order valence-electron chi connectivity index (χ1n) is 9.59. The zero-order chi connectivity index (χ0) is 20.8. The quantitative estimate of drug-likeness (QED) is 0.695. The molecule has 0 saturated carbocycles. The number of esters is 1. The summed E-state index contributed by atoms with van der Waals surface area (Å²) in [6.07, 6.45) is 4.88. The van der Waals surface area contributed by atoms with Crippen LogP contribution in [0, 0.1) is 5.92 Å². The molecule has 2 rings (SSSR count). The zero-order valence-electron chi connectivity index (χ0n) is 17.2. The Bertz CT molecular complexity index is 785. The number of likely N-dealkylation sites (tertiary alicyclic amines) is 1. The van der Waals surface area contributed by atoms with E-state index in [9.17, 15) is 9.59 Å². The van der Waals surface area contributed by atoms with E-state index in [1.165, 1.54) is 0 Å². The van der Waals surface area contributed by atoms with Gasteiger partial charge in [0.1, 0.15) is 11.8 Å². The zero-order valence-corrected chi connectivity index (χ0v) is 17.2. The van der Waals surface area contributed by atoms with E-state index in [1.807, 2.05) is 38.1 Å². The molecule has 1 fully saturated rings. The second kappa shape index (κ2) is 9.44. The number of hydrogen-bond donors (Lipinski definition) is 1. The third-order valence-corrected chi connectivity index (χ3v) is 5.00. The van der Waals surface area contributed by atoms with Crippen LogP contribution >= 0.6 is 0 Å². The molecule has 0 unspecified atom stereocenters. The van der Waals surface area contributed by atoms with E-state index in [0.29, 0.717) is 24.4 Å². The Kier molecular flexibility index (Phi) is 7.26. The van der Waals surface area contributed by atoms with Crippen LogP contribution in [-0.4, -0.2) is 43.1 Å². The molecule has 1 aromatic carbocycles. The Balaban J connectivity index is 2.47. The van der Waals surface area contributed by atoms with Crippen LogP contribution in [0.4, 0.5) is 0 Å². The van der Waals surface area contributed by atoms with Gasteiger partial charge in [-0.3, -0.25) is 4.79 Å². The predicted molar refractivity (Wildman–Crippen MR) is 111 cm³/mol. The van der Waals surface area contributed by atoms with Crippen molar-refractivity contribution in [3.63, 3.8) is 0 Å². The lowest BCUT2D eigenvalue weighted by atomic mass is 9.96. The smallest absolute Gasteiger partial charge is 0.329 e. The molecule has 152 valence electrons. The highest BCUT2D eigenvalue weighted by atomic mass is 16.5. The molecule has 1 saturated heterocycles. The number of carbonyl (C=O) groups is 2. The Labute approximate surface area is 167 Å². The number of hydrogen-bond acceptors (Lipinski definition) is 5. The first-order valence-corrected chi connectivity index (χ1v) is 9.59. The minimum atomic E-state index is -0.684. The van der Waals surface area contributed by atoms with Crippen molar-refractivity contribution in [3.05, 3.63) is 41.5 Å². The number of nitrogens with two attached hydrogens (primary N) is 1. The summed E-state index contributed by atoms with van der Waals surface area (Å²) in [6.45, 7) is 10.2. The molecule has 28 heavy (non-hydrogen) atoms. The van der Waals surface area contributed by atoms with Crippen molar-refractivity contribution in [2.24, 2.45) is 11.7 Å². The SMILES string of the molecule is C=C(N)c1cc(OC)c(C[C@H](C(=O)OCC)N2CC[C@H](C)C2=O)cc1/C=C\C. The number of nitrogens with zero attached hydrogens (tertiary/aromatic N) is 1. The minimum absolute atomic E-state index is 0.0161. The standard InChI is InChI=1S/C22H30N2O4/c1-6-8-16-11-17(20(27-5)13-18(16)15(4)23)12-19(22(26)28-7-2)24-10-9-14(3)21(24)25/h6,8,11,13-14,19H,4,7,9-10,12,23H2,1-3,5H3/b8-6-/t14-,19+/m0/s1. The van der Waals surface area contributed by atoms with Gasteiger partial charge in [-0.15, -0.1) is 0 Å². The van der Waals surface area contributed by atoms with Gasteiger partial charge in [-0.2, -0.15) is 0 Å². The van der Waals surface area contributed by atoms with E-state index in [4.69, 9.17) is 15.2 Å². The highest BCUT2D eigenvalue weighted by molar-refractivity contribution is 5.87. The lowest BCUT2D eigenvalue weighted by Crippen LogP contribution is -2.45. The van der Waals surface area contributed by atoms with Gasteiger partial charge in [0.2, 0.25) is 5.91 Å². The number of allylic oxidation sites excluding steroid dienone is 1. The number of rotatable bonds is 8. The maximum absolute atomic E-state index is 12.7. The first-order chi connectivity index (χ1) is 13.3. The first kappa shape index (κ1) is 21.5. The molecular formula is C22H30N2O4. The van der Waals surface area contributed by atoms with Crippen LogP contribution in [0.15, 0.2) is 24.8 Å². The average Bonchev–Trinajstić information content (AvgIpc) is 2.98. The van der Waals surface area contributed by atoms with E-state index in [0.717, 1.165) is 23.1 Å². The highest BCUT2D eigenvalue weighted by Gasteiger charge is 2.38. The third-order valence-electron chi connectivity index (χ3n) is 5.00. The average molecular weight is 386 g/mol. The summed E-state index contributed by atoms with van der Waals surface area (Å²) in [5, 5.41) is 0. The van der Waals surface area contributed by atoms with Crippen LogP contribution in [0.1, 0.15) is 43.9 Å². The number of ether oxygens (including phenoxy) is 2. The Morgan fingerprint density at radius 3 is 2.68 bits per heavy atom. The maximum atomic E-state index is 12.7. The molecule has 1 aliphatic heterocycles. The number of amides is 1. The van der Waals surface area contributed by atoms with Crippen molar-refractivity contribution in [1.29, 1.82) is 0 Å². The fourth-order valence-corrected chi connectivity index (χ4v) is 3.52. The van der Waals surface area contributed by atoms with Gasteiger partial charge in [0.15, 0.2) is 0 Å². The van der Waals surface area contributed by atoms with Crippen LogP contribution in [0.5, 0.6) is 5.75 Å². The van der Waals surface area contributed by atoms with Gasteiger partial charge >= 0.3 is 5.97 Å². The summed E-state index contributed by atoms with van der Waals surface area (Å²) in [6, 6.07) is 3.07. The number of methoxy groups -OCH3 is 1. The van der Waals surface area contributed by atoms with Crippen LogP contribution in [0.25, 0.3) is 11.8 Å². The molecule has 0 bridgehead atoms. The molecule has 0 aliphatic carbocycles. The number of carbonyl (C=O) groups excluding carboxylic acids is 2. The van der Waals surface area contributed by atoms with Crippen LogP contribution in [-0.2, 0) is 20.7 Å². The fraction of sp³-hybridized carbons (Fsp3) is 0.455. The minimum Gasteiger partial charge on any atom is -0.496 e. The molecule has 0 radical (unpaired) electrons. The van der Waals surface area contributed by atoms with Crippen molar-refractivity contribution >= 4 is 23.6 Å². The van der Waals surface area contributed by atoms with Crippen LogP contribution < -0.4 is 10.5 Å². The Morgan fingerprint density at radius 1 is 1.46 bits per heavy atom. The molecule has 1 aliphatic rings. The summed E-state index contributed by atoms with van der Waals surface area (Å²) in [4.78, 5) is 26.9. The van der Waals surface area contributed by atoms with Crippen LogP contribution in [0.3, 0.4) is 0 Å². The summed E-state index contributed by atoms with van der Waals surface area (Å²) < 4.78 is 10.8. The van der Waals surface area contributed by atoms with Gasteiger partial charge in [0.25, 0.3) is 0 Å². The lowest BCUT2D eigenvalue weighted by molar-refractivity contribution is -0.153. The third kappa shape index (κ3) is 4.55. The van der Waals surface area contributed by atoms with Gasteiger partial charge < -0.3 is 20.1 Å². The highest BCUT2D eigenvalue weighted by Crippen LogP contribution is 2.30. The predicted octanol–water partition coefficient (Wildman–Crippen LogP) is 3.00. The van der Waals surface area contributed by atoms with Gasteiger partial charge in [-0.05, 0) is 43.5 Å². The molecule has 1 amide bonds. The summed E-state index contributed by atoms with van der Waals surface area (Å²) in [5.74, 6) is 0.105. The molecular weight excluding hydrogens is 356 g/mol. The van der Waals surface area contributed by atoms with Crippen molar-refractivity contribution < 1.29 is 19.1 Å². The maximum Gasteiger partial charge on any atom is 0.329 e. The summed E-state index contributed by atoms with van der Waals surface area (Å²) in [7, 11) is 1.57. The van der Waals surface area contributed by atoms with Gasteiger partial charge in [-0.25, -0.2) is 4.79 Å². The van der Waals surface area contributed by atoms with E-state index >= 15 is 0 Å². The van der Waals surface area contributed by atoms with E-state index in [2.05, 4.69) is 6.58 Å². The van der Waals surface area contributed by atoms with Gasteiger partial charge in [0, 0.05) is 30.1 Å². The van der Waals surface area contributed by atoms with Gasteiger partial charge in [-0.1, -0.05) is 25.7 Å². The van der Waals surface area contributed by atoms with Crippen molar-refractivity contribution in [1.82, 2.24) is 4.90 Å².